The first-order valence-electron chi connectivity index (χ1n) is 7.55. The number of nitrogens with zero attached hydrogens (tertiary/aromatic N) is 1. The molecule has 0 saturated heterocycles. The van der Waals surface area contributed by atoms with Crippen LogP contribution in [0.4, 0.5) is 11.4 Å². The molecule has 27 heavy (non-hydrogen) atoms. The molecule has 0 bridgehead atoms. The van der Waals surface area contributed by atoms with E-state index in [4.69, 9.17) is 16.3 Å². The zero-order chi connectivity index (χ0) is 20.0. The number of rotatable bonds is 6. The summed E-state index contributed by atoms with van der Waals surface area (Å²) in [6.07, 6.45) is 0. The average Bonchev–Trinajstić information content (AvgIpc) is 2.66. The predicted molar refractivity (Wildman–Crippen MR) is 96.9 cm³/mol. The third-order valence-electron chi connectivity index (χ3n) is 3.37. The van der Waals surface area contributed by atoms with Crippen LogP contribution in [-0.2, 0) is 9.53 Å². The Bertz CT molecular complexity index is 898. The third kappa shape index (κ3) is 5.25. The predicted octanol–water partition coefficient (Wildman–Crippen LogP) is 2.40. The van der Waals surface area contributed by atoms with Crippen molar-refractivity contribution in [3.8, 4) is 0 Å². The Hall–Kier alpha value is -3.46. The lowest BCUT2D eigenvalue weighted by atomic mass is 10.2. The summed E-state index contributed by atoms with van der Waals surface area (Å²) in [5.41, 5.74) is -0.0250. The molecular formula is C17H14ClN3O6. The summed E-state index contributed by atoms with van der Waals surface area (Å²) in [5, 5.41) is 16.0. The topological polar surface area (TPSA) is 128 Å². The van der Waals surface area contributed by atoms with Crippen molar-refractivity contribution in [3.05, 3.63) is 68.7 Å². The fraction of sp³-hybridized carbons (Fsp3) is 0.118. The van der Waals surface area contributed by atoms with E-state index < -0.39 is 29.1 Å². The number of esters is 1. The summed E-state index contributed by atoms with van der Waals surface area (Å²) in [5.74, 6) is -1.94. The fourth-order valence-corrected chi connectivity index (χ4v) is 2.25. The number of hydrogen-bond donors (Lipinski definition) is 2. The Morgan fingerprint density at radius 3 is 2.41 bits per heavy atom. The van der Waals surface area contributed by atoms with Gasteiger partial charge in [-0.05, 0) is 36.4 Å². The average molecular weight is 392 g/mol. The van der Waals surface area contributed by atoms with Gasteiger partial charge in [-0.1, -0.05) is 11.6 Å². The highest BCUT2D eigenvalue weighted by Gasteiger charge is 2.22. The molecule has 0 unspecified atom stereocenters. The van der Waals surface area contributed by atoms with E-state index in [9.17, 15) is 24.5 Å². The number of benzene rings is 2. The molecule has 10 heteroatoms. The van der Waals surface area contributed by atoms with Gasteiger partial charge in [-0.3, -0.25) is 19.7 Å². The number of amides is 2. The van der Waals surface area contributed by atoms with Crippen molar-refractivity contribution in [2.45, 2.75) is 0 Å². The van der Waals surface area contributed by atoms with Crippen LogP contribution in [0.2, 0.25) is 5.02 Å². The van der Waals surface area contributed by atoms with Gasteiger partial charge in [0.25, 0.3) is 17.5 Å². The molecule has 0 aliphatic rings. The number of hydrogen-bond acceptors (Lipinski definition) is 6. The van der Waals surface area contributed by atoms with Crippen LogP contribution in [0.5, 0.6) is 0 Å². The lowest BCUT2D eigenvalue weighted by Crippen LogP contribution is -2.21. The maximum Gasteiger partial charge on any atom is 0.345 e. The van der Waals surface area contributed by atoms with Crippen molar-refractivity contribution in [3.63, 3.8) is 0 Å². The van der Waals surface area contributed by atoms with Gasteiger partial charge in [-0.2, -0.15) is 0 Å². The largest absolute Gasteiger partial charge is 0.452 e. The number of nitrogens with one attached hydrogen (secondary N) is 2. The normalized spacial score (nSPS) is 10.0. The van der Waals surface area contributed by atoms with Crippen LogP contribution in [0.25, 0.3) is 0 Å². The first kappa shape index (κ1) is 19.9. The fourth-order valence-electron chi connectivity index (χ4n) is 2.08. The van der Waals surface area contributed by atoms with Gasteiger partial charge < -0.3 is 15.4 Å². The van der Waals surface area contributed by atoms with E-state index in [0.717, 1.165) is 12.1 Å². The summed E-state index contributed by atoms with van der Waals surface area (Å²) in [6, 6.07) is 9.52. The Morgan fingerprint density at radius 2 is 1.81 bits per heavy atom. The van der Waals surface area contributed by atoms with E-state index in [1.54, 1.807) is 0 Å². The molecule has 0 fully saturated rings. The lowest BCUT2D eigenvalue weighted by Gasteiger charge is -2.08. The minimum atomic E-state index is -1.02. The molecule has 2 rings (SSSR count). The van der Waals surface area contributed by atoms with Crippen molar-refractivity contribution < 1.29 is 24.0 Å². The van der Waals surface area contributed by atoms with Crippen LogP contribution in [0.3, 0.4) is 0 Å². The second-order valence-corrected chi connectivity index (χ2v) is 5.64. The van der Waals surface area contributed by atoms with Crippen LogP contribution in [0, 0.1) is 10.1 Å². The summed E-state index contributed by atoms with van der Waals surface area (Å²) in [4.78, 5) is 45.5. The Balaban J connectivity index is 1.97. The molecule has 0 heterocycles. The molecular weight excluding hydrogens is 378 g/mol. The SMILES string of the molecule is CNC(=O)c1ccc(NC(=O)COC(=O)c2ccc(Cl)cc2[N+](=O)[O-])cc1. The highest BCUT2D eigenvalue weighted by molar-refractivity contribution is 6.31. The monoisotopic (exact) mass is 391 g/mol. The molecule has 0 saturated carbocycles. The minimum Gasteiger partial charge on any atom is -0.452 e. The second kappa shape index (κ2) is 8.77. The van der Waals surface area contributed by atoms with Crippen molar-refractivity contribution in [1.29, 1.82) is 0 Å². The first-order chi connectivity index (χ1) is 12.8. The van der Waals surface area contributed by atoms with E-state index in [-0.39, 0.29) is 16.5 Å². The number of nitro groups is 1. The Morgan fingerprint density at radius 1 is 1.15 bits per heavy atom. The van der Waals surface area contributed by atoms with E-state index in [1.165, 1.54) is 37.4 Å². The van der Waals surface area contributed by atoms with Gasteiger partial charge in [-0.15, -0.1) is 0 Å². The van der Waals surface area contributed by atoms with Gasteiger partial charge >= 0.3 is 5.97 Å². The molecule has 2 amide bonds. The van der Waals surface area contributed by atoms with Crippen molar-refractivity contribution >= 4 is 40.8 Å². The Labute approximate surface area is 158 Å². The van der Waals surface area contributed by atoms with Gasteiger partial charge in [0.2, 0.25) is 0 Å². The summed E-state index contributed by atoms with van der Waals surface area (Å²) < 4.78 is 4.81. The smallest absolute Gasteiger partial charge is 0.345 e. The van der Waals surface area contributed by atoms with Crippen LogP contribution in [-0.4, -0.2) is 36.4 Å². The summed E-state index contributed by atoms with van der Waals surface area (Å²) >= 11 is 5.68. The first-order valence-corrected chi connectivity index (χ1v) is 7.92. The van der Waals surface area contributed by atoms with Gasteiger partial charge in [-0.25, -0.2) is 4.79 Å². The van der Waals surface area contributed by atoms with Crippen LogP contribution >= 0.6 is 11.6 Å². The van der Waals surface area contributed by atoms with Gasteiger partial charge in [0.05, 0.1) is 4.92 Å². The molecule has 0 aliphatic carbocycles. The molecule has 0 aliphatic heterocycles. The lowest BCUT2D eigenvalue weighted by molar-refractivity contribution is -0.385. The van der Waals surface area contributed by atoms with Crippen LogP contribution < -0.4 is 10.6 Å². The molecule has 0 radical (unpaired) electrons. The number of carbonyl (C=O) groups excluding carboxylic acids is 3. The zero-order valence-corrected chi connectivity index (χ0v) is 14.8. The third-order valence-corrected chi connectivity index (χ3v) is 3.60. The highest BCUT2D eigenvalue weighted by atomic mass is 35.5. The summed E-state index contributed by atoms with van der Waals surface area (Å²) in [7, 11) is 1.50. The van der Waals surface area contributed by atoms with Crippen molar-refractivity contribution in [1.82, 2.24) is 5.32 Å². The van der Waals surface area contributed by atoms with Gasteiger partial charge in [0.15, 0.2) is 6.61 Å². The number of anilines is 1. The standard InChI is InChI=1S/C17H14ClN3O6/c1-19-16(23)10-2-5-12(6-3-10)20-15(22)9-27-17(24)13-7-4-11(18)8-14(13)21(25)26/h2-8H,9H2,1H3,(H,19,23)(H,20,22). The zero-order valence-electron chi connectivity index (χ0n) is 14.0. The number of ether oxygens (including phenoxy) is 1. The van der Waals surface area contributed by atoms with Crippen LogP contribution in [0.1, 0.15) is 20.7 Å². The molecule has 0 atom stereocenters. The number of nitro benzene ring substituents is 1. The number of halogens is 1. The van der Waals surface area contributed by atoms with Gasteiger partial charge in [0.1, 0.15) is 5.56 Å². The molecule has 2 N–H and O–H groups in total. The maximum absolute atomic E-state index is 12.0. The molecule has 9 nitrogen and oxygen atoms in total. The molecule has 2 aromatic carbocycles. The van der Waals surface area contributed by atoms with Crippen molar-refractivity contribution in [2.24, 2.45) is 0 Å². The highest BCUT2D eigenvalue weighted by Crippen LogP contribution is 2.23. The van der Waals surface area contributed by atoms with E-state index in [0.29, 0.717) is 11.3 Å². The minimum absolute atomic E-state index is 0.0937. The van der Waals surface area contributed by atoms with Crippen LogP contribution in [0.15, 0.2) is 42.5 Å². The Kier molecular flexibility index (Phi) is 6.45. The van der Waals surface area contributed by atoms with E-state index in [2.05, 4.69) is 10.6 Å². The molecule has 2 aromatic rings. The molecule has 140 valence electrons. The maximum atomic E-state index is 12.0. The second-order valence-electron chi connectivity index (χ2n) is 5.20. The number of carbonyl (C=O) groups is 3. The molecule has 0 spiro atoms. The molecule has 0 aromatic heterocycles. The summed E-state index contributed by atoms with van der Waals surface area (Å²) in [6.45, 7) is -0.643. The van der Waals surface area contributed by atoms with Gasteiger partial charge in [0, 0.05) is 29.4 Å². The van der Waals surface area contributed by atoms with E-state index in [1.807, 2.05) is 0 Å². The van der Waals surface area contributed by atoms with Crippen molar-refractivity contribution in [2.75, 3.05) is 19.0 Å². The van der Waals surface area contributed by atoms with E-state index >= 15 is 0 Å². The quantitative estimate of drug-likeness (QED) is 0.442.